The average Bonchev–Trinajstić information content (AvgIpc) is 3.80. The highest BCUT2D eigenvalue weighted by molar-refractivity contribution is 7.11. The Morgan fingerprint density at radius 2 is 1.47 bits per heavy atom. The molecule has 0 fully saturated rings. The van der Waals surface area contributed by atoms with Crippen LogP contribution in [0.15, 0.2) is 72.2 Å². The molecule has 13 heteroatoms. The summed E-state index contributed by atoms with van der Waals surface area (Å²) in [6.45, 7) is 12.4. The molecule has 286 valence electrons. The lowest BCUT2D eigenvalue weighted by Crippen LogP contribution is -2.55. The number of rotatable bonds is 18. The van der Waals surface area contributed by atoms with Crippen molar-refractivity contribution in [2.75, 3.05) is 7.05 Å². The number of hydrogen-bond donors (Lipinski definition) is 4. The predicted molar refractivity (Wildman–Crippen MR) is 211 cm³/mol. The topological polar surface area (TPSA) is 146 Å². The van der Waals surface area contributed by atoms with Crippen molar-refractivity contribution in [2.45, 2.75) is 110 Å². The van der Waals surface area contributed by atoms with Gasteiger partial charge in [-0.05, 0) is 36.3 Å². The van der Waals surface area contributed by atoms with Crippen LogP contribution in [-0.2, 0) is 35.5 Å². The first-order chi connectivity index (χ1) is 25.3. The zero-order chi connectivity index (χ0) is 38.5. The minimum absolute atomic E-state index is 0.0668. The van der Waals surface area contributed by atoms with Crippen molar-refractivity contribution < 1.29 is 24.2 Å². The summed E-state index contributed by atoms with van der Waals surface area (Å²) in [6, 6.07) is 16.8. The van der Waals surface area contributed by atoms with Gasteiger partial charge in [-0.3, -0.25) is 4.79 Å². The van der Waals surface area contributed by atoms with Crippen LogP contribution in [0.5, 0.6) is 0 Å². The van der Waals surface area contributed by atoms with Crippen molar-refractivity contribution in [1.82, 2.24) is 30.8 Å². The summed E-state index contributed by atoms with van der Waals surface area (Å²) in [7, 11) is 1.68. The van der Waals surface area contributed by atoms with Gasteiger partial charge in [0.05, 0.1) is 39.3 Å². The Morgan fingerprint density at radius 1 is 0.849 bits per heavy atom. The molecule has 0 aliphatic carbocycles. The third-order valence-electron chi connectivity index (χ3n) is 8.71. The zero-order valence-electron chi connectivity index (χ0n) is 31.7. The number of hydrogen-bond acceptors (Lipinski definition) is 9. The SMILES string of the molecule is CC(C)c1nc(CN(C)C(=O)NC(C(=O)N[C@@H](Cc2ccccc2)C[C@H](O)[C@H](Cc2ccccc2)NC(=O)OCc2cnc(C(C)C)s2)C(C)C)cs1. The van der Waals surface area contributed by atoms with Gasteiger partial charge >= 0.3 is 12.1 Å². The Morgan fingerprint density at radius 3 is 2.04 bits per heavy atom. The van der Waals surface area contributed by atoms with Gasteiger partial charge in [0.1, 0.15) is 12.6 Å². The molecule has 4 aromatic rings. The maximum absolute atomic E-state index is 13.9. The van der Waals surface area contributed by atoms with Crippen molar-refractivity contribution in [3.63, 3.8) is 0 Å². The van der Waals surface area contributed by atoms with Gasteiger partial charge in [-0.15, -0.1) is 22.7 Å². The summed E-state index contributed by atoms with van der Waals surface area (Å²) in [5.74, 6) is -0.00499. The zero-order valence-corrected chi connectivity index (χ0v) is 33.4. The number of ether oxygens (including phenoxy) is 1. The van der Waals surface area contributed by atoms with Gasteiger partial charge in [0.15, 0.2) is 0 Å². The summed E-state index contributed by atoms with van der Waals surface area (Å²) in [5, 5.41) is 24.6. The summed E-state index contributed by atoms with van der Waals surface area (Å²) in [4.78, 5) is 51.7. The van der Waals surface area contributed by atoms with Crippen molar-refractivity contribution in [3.8, 4) is 0 Å². The second-order valence-electron chi connectivity index (χ2n) is 14.4. The number of benzene rings is 2. The molecule has 4 amide bonds. The summed E-state index contributed by atoms with van der Waals surface area (Å²) >= 11 is 3.07. The Kier molecular flexibility index (Phi) is 15.8. The highest BCUT2D eigenvalue weighted by Crippen LogP contribution is 2.22. The Balaban J connectivity index is 1.47. The number of aromatic nitrogens is 2. The number of aliphatic hydroxyl groups is 1. The van der Waals surface area contributed by atoms with Crippen molar-refractivity contribution in [1.29, 1.82) is 0 Å². The molecule has 0 radical (unpaired) electrons. The third kappa shape index (κ3) is 13.2. The Hall–Kier alpha value is -4.33. The van der Waals surface area contributed by atoms with Crippen LogP contribution >= 0.6 is 22.7 Å². The molecular formula is C40H54N6O5S2. The van der Waals surface area contributed by atoms with Crippen LogP contribution in [-0.4, -0.2) is 69.3 Å². The van der Waals surface area contributed by atoms with Gasteiger partial charge in [-0.2, -0.15) is 0 Å². The van der Waals surface area contributed by atoms with Crippen molar-refractivity contribution in [2.24, 2.45) is 5.92 Å². The number of carbonyl (C=O) groups is 3. The quantitative estimate of drug-likeness (QED) is 0.0852. The molecule has 1 unspecified atom stereocenters. The largest absolute Gasteiger partial charge is 0.444 e. The van der Waals surface area contributed by atoms with Gasteiger partial charge in [-0.1, -0.05) is 102 Å². The maximum atomic E-state index is 13.9. The highest BCUT2D eigenvalue weighted by atomic mass is 32.1. The minimum Gasteiger partial charge on any atom is -0.444 e. The summed E-state index contributed by atoms with van der Waals surface area (Å²) in [5.41, 5.74) is 2.69. The molecule has 0 saturated heterocycles. The fourth-order valence-electron chi connectivity index (χ4n) is 5.73. The number of thiazole rings is 2. The first-order valence-electron chi connectivity index (χ1n) is 18.2. The normalized spacial score (nSPS) is 13.7. The van der Waals surface area contributed by atoms with Crippen molar-refractivity contribution >= 4 is 40.7 Å². The number of urea groups is 1. The molecule has 53 heavy (non-hydrogen) atoms. The van der Waals surface area contributed by atoms with Crippen LogP contribution in [0.3, 0.4) is 0 Å². The van der Waals surface area contributed by atoms with Crippen LogP contribution in [0.4, 0.5) is 9.59 Å². The van der Waals surface area contributed by atoms with Gasteiger partial charge in [0, 0.05) is 36.5 Å². The summed E-state index contributed by atoms with van der Waals surface area (Å²) < 4.78 is 5.56. The maximum Gasteiger partial charge on any atom is 0.407 e. The van der Waals surface area contributed by atoms with Gasteiger partial charge in [0.2, 0.25) is 5.91 Å². The minimum atomic E-state index is -1.06. The van der Waals surface area contributed by atoms with E-state index in [4.69, 9.17) is 4.74 Å². The standard InChI is InChI=1S/C40H54N6O5S2/c1-25(2)35(45-39(49)46(7)22-31-24-52-38(43-31)27(5)6)36(48)42-30(18-28-14-10-8-11-15-28)20-34(47)33(19-29-16-12-9-13-17-29)44-40(50)51-23-32-21-41-37(53-32)26(3)4/h8-17,21,24-27,30,33-35,47H,18-20,22-23H2,1-7H3,(H,42,48)(H,44,50)(H,45,49)/t30-,33-,34-,35?/m0/s1. The molecule has 4 N–H and O–H groups in total. The molecule has 0 bridgehead atoms. The molecule has 2 heterocycles. The fourth-order valence-corrected chi connectivity index (χ4v) is 7.39. The van der Waals surface area contributed by atoms with E-state index in [1.54, 1.807) is 24.6 Å². The van der Waals surface area contributed by atoms with Gasteiger partial charge in [-0.25, -0.2) is 19.6 Å². The highest BCUT2D eigenvalue weighted by Gasteiger charge is 2.31. The smallest absolute Gasteiger partial charge is 0.407 e. The van der Waals surface area contributed by atoms with E-state index in [9.17, 15) is 19.5 Å². The number of alkyl carbamates (subject to hydrolysis) is 1. The molecule has 2 aromatic heterocycles. The number of amides is 4. The molecule has 4 atom stereocenters. The first-order valence-corrected chi connectivity index (χ1v) is 19.9. The second kappa shape index (κ2) is 20.2. The van der Waals surface area contributed by atoms with Crippen LogP contribution in [0.1, 0.15) is 91.5 Å². The lowest BCUT2D eigenvalue weighted by atomic mass is 9.93. The Labute approximate surface area is 321 Å². The van der Waals surface area contributed by atoms with E-state index in [0.717, 1.165) is 31.7 Å². The number of carbonyl (C=O) groups excluding carboxylic acids is 3. The number of aliphatic hydroxyl groups excluding tert-OH is 1. The van der Waals surface area contributed by atoms with Gasteiger partial charge < -0.3 is 30.7 Å². The van der Waals surface area contributed by atoms with E-state index in [2.05, 4.69) is 53.6 Å². The molecule has 0 spiro atoms. The number of nitrogens with zero attached hydrogens (tertiary/aromatic N) is 3. The summed E-state index contributed by atoms with van der Waals surface area (Å²) in [6.07, 6.45) is 0.907. The molecule has 0 saturated carbocycles. The van der Waals surface area contributed by atoms with Gasteiger partial charge in [0.25, 0.3) is 0 Å². The lowest BCUT2D eigenvalue weighted by Gasteiger charge is -2.30. The predicted octanol–water partition coefficient (Wildman–Crippen LogP) is 7.03. The van der Waals surface area contributed by atoms with E-state index in [-0.39, 0.29) is 36.8 Å². The fraction of sp³-hybridized carbons (Fsp3) is 0.475. The molecule has 11 nitrogen and oxygen atoms in total. The van der Waals surface area contributed by atoms with E-state index >= 15 is 0 Å². The van der Waals surface area contributed by atoms with Crippen molar-refractivity contribution in [3.05, 3.63) is 104 Å². The third-order valence-corrected chi connectivity index (χ3v) is 11.2. The van der Waals surface area contributed by atoms with Crippen LogP contribution in [0.2, 0.25) is 0 Å². The lowest BCUT2D eigenvalue weighted by molar-refractivity contribution is -0.124. The van der Waals surface area contributed by atoms with Crippen LogP contribution in [0.25, 0.3) is 0 Å². The second-order valence-corrected chi connectivity index (χ2v) is 16.4. The molecular weight excluding hydrogens is 709 g/mol. The molecule has 2 aromatic carbocycles. The van der Waals surface area contributed by atoms with Crippen LogP contribution in [0, 0.1) is 5.92 Å². The number of nitrogens with one attached hydrogen (secondary N) is 3. The molecule has 0 aliphatic heterocycles. The monoisotopic (exact) mass is 762 g/mol. The Bertz CT molecular complexity index is 1730. The first kappa shape index (κ1) is 41.4. The molecule has 4 rings (SSSR count). The van der Waals surface area contributed by atoms with E-state index < -0.39 is 30.3 Å². The van der Waals surface area contributed by atoms with E-state index in [0.29, 0.717) is 25.3 Å². The average molecular weight is 763 g/mol. The molecule has 0 aliphatic rings. The van der Waals surface area contributed by atoms with Crippen LogP contribution < -0.4 is 16.0 Å². The van der Waals surface area contributed by atoms with E-state index in [1.165, 1.54) is 16.2 Å². The van der Waals surface area contributed by atoms with E-state index in [1.807, 2.05) is 79.9 Å².